The molecule has 4 bridgehead atoms. The Balaban J connectivity index is 1.57. The van der Waals surface area contributed by atoms with Crippen molar-refractivity contribution in [3.8, 4) is 0 Å². The van der Waals surface area contributed by atoms with Crippen molar-refractivity contribution in [1.29, 1.82) is 0 Å². The Morgan fingerprint density at radius 3 is 2.19 bits per heavy atom. The summed E-state index contributed by atoms with van der Waals surface area (Å²) in [4.78, 5) is 12.8. The molecule has 0 saturated heterocycles. The predicted molar refractivity (Wildman–Crippen MR) is 98.1 cm³/mol. The predicted octanol–water partition coefficient (Wildman–Crippen LogP) is 4.93. The van der Waals surface area contributed by atoms with Gasteiger partial charge in [0.2, 0.25) is 0 Å². The van der Waals surface area contributed by atoms with E-state index in [1.165, 1.54) is 26.3 Å². The maximum absolute atomic E-state index is 13.2. The van der Waals surface area contributed by atoms with Crippen LogP contribution in [0.25, 0.3) is 0 Å². The molecule has 27 heavy (non-hydrogen) atoms. The highest BCUT2D eigenvalue weighted by molar-refractivity contribution is 9.10. The summed E-state index contributed by atoms with van der Waals surface area (Å²) < 4.78 is 40.0. The van der Waals surface area contributed by atoms with E-state index < -0.39 is 17.8 Å². The van der Waals surface area contributed by atoms with Crippen molar-refractivity contribution in [2.75, 3.05) is 0 Å². The van der Waals surface area contributed by atoms with Crippen LogP contribution in [-0.4, -0.2) is 21.7 Å². The molecule has 4 aliphatic rings. The number of alkyl halides is 3. The van der Waals surface area contributed by atoms with Crippen LogP contribution in [0.5, 0.6) is 0 Å². The first-order valence-corrected chi connectivity index (χ1v) is 10.5. The van der Waals surface area contributed by atoms with Crippen molar-refractivity contribution in [3.05, 3.63) is 15.9 Å². The highest BCUT2D eigenvalue weighted by Crippen LogP contribution is 2.61. The van der Waals surface area contributed by atoms with E-state index in [4.69, 9.17) is 0 Å². The molecule has 1 atom stereocenters. The molecular formula is C19H25BrF3N3O. The second-order valence-electron chi connectivity index (χ2n) is 8.85. The molecule has 0 spiro atoms. The highest BCUT2D eigenvalue weighted by Gasteiger charge is 2.54. The van der Waals surface area contributed by atoms with Crippen LogP contribution in [0.3, 0.4) is 0 Å². The molecule has 1 aromatic heterocycles. The van der Waals surface area contributed by atoms with Gasteiger partial charge in [-0.3, -0.25) is 9.48 Å². The van der Waals surface area contributed by atoms with Gasteiger partial charge >= 0.3 is 6.18 Å². The Hall–Kier alpha value is -1.05. The largest absolute Gasteiger partial charge is 0.434 e. The number of carbonyl (C=O) groups is 1. The molecule has 1 N–H and O–H groups in total. The normalized spacial score (nSPS) is 33.3. The van der Waals surface area contributed by atoms with Crippen LogP contribution in [-0.2, 0) is 13.2 Å². The molecule has 4 saturated carbocycles. The van der Waals surface area contributed by atoms with Crippen LogP contribution in [0.1, 0.15) is 68.1 Å². The molecule has 4 aliphatic carbocycles. The molecule has 8 heteroatoms. The van der Waals surface area contributed by atoms with Crippen molar-refractivity contribution >= 4 is 21.8 Å². The molecule has 0 aromatic carbocycles. The minimum atomic E-state index is -4.57. The molecule has 4 nitrogen and oxygen atoms in total. The molecule has 1 unspecified atom stereocenters. The van der Waals surface area contributed by atoms with Crippen LogP contribution in [0.4, 0.5) is 13.2 Å². The number of amides is 1. The lowest BCUT2D eigenvalue weighted by Gasteiger charge is -2.59. The molecule has 0 radical (unpaired) electrons. The number of rotatable bonds is 4. The summed E-state index contributed by atoms with van der Waals surface area (Å²) in [5, 5.41) is 6.91. The number of carbonyl (C=O) groups excluding carboxylic acids is 1. The summed E-state index contributed by atoms with van der Waals surface area (Å²) in [6, 6.07) is -0.0124. The van der Waals surface area contributed by atoms with E-state index in [2.05, 4.69) is 33.3 Å². The lowest BCUT2D eigenvalue weighted by molar-refractivity contribution is -0.144. The van der Waals surface area contributed by atoms with Crippen LogP contribution in [0, 0.1) is 23.2 Å². The third kappa shape index (κ3) is 3.21. The minimum absolute atomic E-state index is 0.0124. The van der Waals surface area contributed by atoms with E-state index in [1.54, 1.807) is 0 Å². The van der Waals surface area contributed by atoms with Gasteiger partial charge in [0.25, 0.3) is 5.91 Å². The molecule has 1 amide bonds. The van der Waals surface area contributed by atoms with Gasteiger partial charge in [-0.05, 0) is 84.0 Å². The van der Waals surface area contributed by atoms with E-state index in [0.29, 0.717) is 0 Å². The lowest BCUT2D eigenvalue weighted by atomic mass is 9.47. The first-order valence-electron chi connectivity index (χ1n) is 9.73. The van der Waals surface area contributed by atoms with Crippen LogP contribution in [0.15, 0.2) is 4.47 Å². The second-order valence-corrected chi connectivity index (χ2v) is 9.64. The summed E-state index contributed by atoms with van der Waals surface area (Å²) in [5.74, 6) is 1.73. The molecular weight excluding hydrogens is 423 g/mol. The Bertz CT molecular complexity index is 723. The monoisotopic (exact) mass is 447 g/mol. The Morgan fingerprint density at radius 1 is 1.26 bits per heavy atom. The summed E-state index contributed by atoms with van der Waals surface area (Å²) in [5.41, 5.74) is -1.02. The van der Waals surface area contributed by atoms with E-state index in [9.17, 15) is 18.0 Å². The first-order chi connectivity index (χ1) is 12.6. The highest BCUT2D eigenvalue weighted by atomic mass is 79.9. The standard InChI is InChI=1S/C19H25BrF3N3O/c1-3-13(18-7-10-4-11(8-18)6-12(5-10)9-18)24-17(27)15-14(20)16(19(21,22)23)26(2)25-15/h10-13H,3-9H2,1-2H3,(H,24,27). The molecule has 1 aromatic rings. The van der Waals surface area contributed by atoms with Crippen molar-refractivity contribution in [2.24, 2.45) is 30.2 Å². The zero-order chi connectivity index (χ0) is 19.6. The SMILES string of the molecule is CCC(NC(=O)c1nn(C)c(C(F)(F)F)c1Br)C12CC3CC(CC(C3)C1)C2. The summed E-state index contributed by atoms with van der Waals surface area (Å²) in [7, 11) is 1.21. The quantitative estimate of drug-likeness (QED) is 0.711. The zero-order valence-electron chi connectivity index (χ0n) is 15.6. The van der Waals surface area contributed by atoms with E-state index >= 15 is 0 Å². The zero-order valence-corrected chi connectivity index (χ0v) is 17.2. The van der Waals surface area contributed by atoms with Gasteiger partial charge in [0.05, 0.1) is 4.47 Å². The Kier molecular flexibility index (Phi) is 4.63. The average Bonchev–Trinajstić information content (AvgIpc) is 2.85. The fourth-order valence-electron chi connectivity index (χ4n) is 6.47. The number of nitrogens with one attached hydrogen (secondary N) is 1. The van der Waals surface area contributed by atoms with Gasteiger partial charge in [-0.2, -0.15) is 18.3 Å². The maximum atomic E-state index is 13.2. The third-order valence-corrected chi connectivity index (χ3v) is 7.76. The number of hydrogen-bond donors (Lipinski definition) is 1. The first kappa shape index (κ1) is 19.3. The van der Waals surface area contributed by atoms with Gasteiger partial charge in [0.15, 0.2) is 11.4 Å². The smallest absolute Gasteiger partial charge is 0.347 e. The van der Waals surface area contributed by atoms with Gasteiger partial charge in [0.1, 0.15) is 0 Å². The van der Waals surface area contributed by atoms with E-state index in [1.807, 2.05) is 0 Å². The number of hydrogen-bond acceptors (Lipinski definition) is 2. The lowest BCUT2D eigenvalue weighted by Crippen LogP contribution is -2.56. The molecule has 5 rings (SSSR count). The third-order valence-electron chi connectivity index (χ3n) is 7.01. The average molecular weight is 448 g/mol. The minimum Gasteiger partial charge on any atom is -0.347 e. The fraction of sp³-hybridized carbons (Fsp3) is 0.789. The summed E-state index contributed by atoms with van der Waals surface area (Å²) >= 11 is 2.95. The van der Waals surface area contributed by atoms with Crippen molar-refractivity contribution < 1.29 is 18.0 Å². The van der Waals surface area contributed by atoms with Crippen molar-refractivity contribution in [2.45, 2.75) is 64.1 Å². The van der Waals surface area contributed by atoms with Gasteiger partial charge in [-0.15, -0.1) is 0 Å². The summed E-state index contributed by atoms with van der Waals surface area (Å²) in [6.07, 6.45) is 3.55. The van der Waals surface area contributed by atoms with Crippen LogP contribution >= 0.6 is 15.9 Å². The van der Waals surface area contributed by atoms with E-state index in [0.717, 1.165) is 48.1 Å². The maximum Gasteiger partial charge on any atom is 0.434 e. The molecule has 150 valence electrons. The van der Waals surface area contributed by atoms with Gasteiger partial charge in [-0.1, -0.05) is 6.92 Å². The van der Waals surface area contributed by atoms with Crippen LogP contribution in [0.2, 0.25) is 0 Å². The number of nitrogens with zero attached hydrogens (tertiary/aromatic N) is 2. The number of aromatic nitrogens is 2. The summed E-state index contributed by atoms with van der Waals surface area (Å²) in [6.45, 7) is 2.05. The fourth-order valence-corrected chi connectivity index (χ4v) is 7.21. The van der Waals surface area contributed by atoms with E-state index in [-0.39, 0.29) is 21.6 Å². The second kappa shape index (κ2) is 6.49. The molecule has 0 aliphatic heterocycles. The van der Waals surface area contributed by atoms with Crippen molar-refractivity contribution in [1.82, 2.24) is 15.1 Å². The molecule has 4 fully saturated rings. The van der Waals surface area contributed by atoms with Gasteiger partial charge < -0.3 is 5.32 Å². The Labute approximate surface area is 165 Å². The van der Waals surface area contributed by atoms with Gasteiger partial charge in [0, 0.05) is 13.1 Å². The topological polar surface area (TPSA) is 46.9 Å². The number of halogens is 4. The van der Waals surface area contributed by atoms with Crippen molar-refractivity contribution in [3.63, 3.8) is 0 Å². The Morgan fingerprint density at radius 2 is 1.78 bits per heavy atom. The molecule has 1 heterocycles. The number of aryl methyl sites for hydroxylation is 1. The van der Waals surface area contributed by atoms with Crippen LogP contribution < -0.4 is 5.32 Å². The van der Waals surface area contributed by atoms with Gasteiger partial charge in [-0.25, -0.2) is 0 Å².